The van der Waals surface area contributed by atoms with E-state index >= 15 is 0 Å². The molecule has 9 heavy (non-hydrogen) atoms. The number of nitrogens with two attached hydrogens (primary N) is 2. The molecular weight excluding hydrogens is 134 g/mol. The zero-order valence-corrected chi connectivity index (χ0v) is 6.61. The molecule has 1 unspecified atom stereocenters. The molecule has 0 radical (unpaired) electrons. The zero-order chi connectivity index (χ0) is 7.28. The van der Waals surface area contributed by atoms with Crippen molar-refractivity contribution in [1.82, 2.24) is 0 Å². The van der Waals surface area contributed by atoms with Crippen LogP contribution in [0.1, 0.15) is 6.92 Å². The Bertz CT molecular complexity index is 98.4. The Kier molecular flexibility index (Phi) is 4.30. The minimum Gasteiger partial charge on any atom is -0.370 e. The summed E-state index contributed by atoms with van der Waals surface area (Å²) in [4.78, 5) is 3.92. The molecule has 0 rings (SSSR count). The fourth-order valence-corrected chi connectivity index (χ4v) is 1.09. The van der Waals surface area contributed by atoms with Gasteiger partial charge < -0.3 is 11.5 Å². The van der Waals surface area contributed by atoms with Crippen LogP contribution in [0, 0.1) is 0 Å². The van der Waals surface area contributed by atoms with Gasteiger partial charge in [0.15, 0.2) is 5.96 Å². The predicted molar refractivity (Wildman–Crippen MR) is 43.7 cm³/mol. The SMILES string of the molecule is CSCC(C)N=C(N)N. The van der Waals surface area contributed by atoms with Crippen LogP contribution < -0.4 is 11.5 Å². The molecule has 3 nitrogen and oxygen atoms in total. The van der Waals surface area contributed by atoms with Crippen LogP contribution in [0.25, 0.3) is 0 Å². The van der Waals surface area contributed by atoms with Crippen molar-refractivity contribution in [2.75, 3.05) is 12.0 Å². The van der Waals surface area contributed by atoms with Crippen molar-refractivity contribution in [2.24, 2.45) is 16.5 Å². The van der Waals surface area contributed by atoms with Gasteiger partial charge in [-0.2, -0.15) is 11.8 Å². The smallest absolute Gasteiger partial charge is 0.186 e. The Balaban J connectivity index is 3.49. The Morgan fingerprint density at radius 3 is 2.56 bits per heavy atom. The molecule has 0 aromatic rings. The van der Waals surface area contributed by atoms with Crippen molar-refractivity contribution >= 4 is 17.7 Å². The third-order valence-corrected chi connectivity index (χ3v) is 1.59. The first kappa shape index (κ1) is 8.62. The lowest BCUT2D eigenvalue weighted by Gasteiger charge is -2.01. The number of nitrogens with zero attached hydrogens (tertiary/aromatic N) is 1. The van der Waals surface area contributed by atoms with E-state index in [0.717, 1.165) is 5.75 Å². The molecule has 1 atom stereocenters. The average molecular weight is 147 g/mol. The molecule has 0 fully saturated rings. The first-order chi connectivity index (χ1) is 4.16. The van der Waals surface area contributed by atoms with Crippen molar-refractivity contribution in [1.29, 1.82) is 0 Å². The second kappa shape index (κ2) is 4.49. The van der Waals surface area contributed by atoms with Gasteiger partial charge >= 0.3 is 0 Å². The Morgan fingerprint density at radius 1 is 1.67 bits per heavy atom. The monoisotopic (exact) mass is 147 g/mol. The maximum Gasteiger partial charge on any atom is 0.186 e. The van der Waals surface area contributed by atoms with E-state index in [-0.39, 0.29) is 12.0 Å². The quantitative estimate of drug-likeness (QED) is 0.436. The van der Waals surface area contributed by atoms with Gasteiger partial charge in [-0.15, -0.1) is 0 Å². The van der Waals surface area contributed by atoms with Gasteiger partial charge in [-0.3, -0.25) is 0 Å². The van der Waals surface area contributed by atoms with Crippen LogP contribution in [0.3, 0.4) is 0 Å². The average Bonchev–Trinajstić information content (AvgIpc) is 1.63. The van der Waals surface area contributed by atoms with Crippen LogP contribution in [0.5, 0.6) is 0 Å². The van der Waals surface area contributed by atoms with Gasteiger partial charge in [-0.25, -0.2) is 4.99 Å². The standard InChI is InChI=1S/C5H13N3S/c1-4(3-9-2)8-5(6)7/h4H,3H2,1-2H3,(H4,6,7,8). The topological polar surface area (TPSA) is 64.4 Å². The molecule has 0 aromatic heterocycles. The third kappa shape index (κ3) is 5.49. The number of hydrogen-bond donors (Lipinski definition) is 2. The van der Waals surface area contributed by atoms with Gasteiger partial charge in [0.1, 0.15) is 0 Å². The summed E-state index contributed by atoms with van der Waals surface area (Å²) in [5.74, 6) is 1.15. The van der Waals surface area contributed by atoms with E-state index in [1.807, 2.05) is 13.2 Å². The molecule has 0 saturated heterocycles. The zero-order valence-electron chi connectivity index (χ0n) is 5.79. The third-order valence-electron chi connectivity index (χ3n) is 0.777. The largest absolute Gasteiger partial charge is 0.370 e. The van der Waals surface area contributed by atoms with E-state index in [9.17, 15) is 0 Å². The molecule has 4 heteroatoms. The maximum atomic E-state index is 5.14. The lowest BCUT2D eigenvalue weighted by molar-refractivity contribution is 0.845. The lowest BCUT2D eigenvalue weighted by atomic mass is 10.4. The fourth-order valence-electron chi connectivity index (χ4n) is 0.533. The summed E-state index contributed by atoms with van der Waals surface area (Å²) in [6.45, 7) is 1.98. The molecule has 4 N–H and O–H groups in total. The molecule has 0 aliphatic heterocycles. The highest BCUT2D eigenvalue weighted by Gasteiger charge is 1.95. The molecule has 0 aromatic carbocycles. The molecule has 0 heterocycles. The van der Waals surface area contributed by atoms with Crippen LogP contribution in [-0.4, -0.2) is 24.0 Å². The van der Waals surface area contributed by atoms with Crippen LogP contribution >= 0.6 is 11.8 Å². The van der Waals surface area contributed by atoms with E-state index in [1.165, 1.54) is 0 Å². The summed E-state index contributed by atoms with van der Waals surface area (Å²) in [7, 11) is 0. The normalized spacial score (nSPS) is 12.7. The highest BCUT2D eigenvalue weighted by molar-refractivity contribution is 7.98. The van der Waals surface area contributed by atoms with Gasteiger partial charge in [0.2, 0.25) is 0 Å². The molecule has 0 amide bonds. The summed E-state index contributed by atoms with van der Waals surface area (Å²) in [6.07, 6.45) is 2.03. The van der Waals surface area contributed by atoms with Gasteiger partial charge in [-0.05, 0) is 13.2 Å². The summed E-state index contributed by atoms with van der Waals surface area (Å²) >= 11 is 1.73. The van der Waals surface area contributed by atoms with Crippen LogP contribution in [0.4, 0.5) is 0 Å². The predicted octanol–water partition coefficient (Wildman–Crippen LogP) is 0.0113. The molecular formula is C5H13N3S. The molecule has 54 valence electrons. The Hall–Kier alpha value is -0.380. The van der Waals surface area contributed by atoms with Gasteiger partial charge in [0, 0.05) is 5.75 Å². The fraction of sp³-hybridized carbons (Fsp3) is 0.800. The minimum absolute atomic E-state index is 0.177. The maximum absolute atomic E-state index is 5.14. The minimum atomic E-state index is 0.177. The molecule has 0 aliphatic rings. The van der Waals surface area contributed by atoms with Crippen molar-refractivity contribution in [2.45, 2.75) is 13.0 Å². The number of hydrogen-bond acceptors (Lipinski definition) is 2. The summed E-state index contributed by atoms with van der Waals surface area (Å²) in [5.41, 5.74) is 10.3. The van der Waals surface area contributed by atoms with Gasteiger partial charge in [0.25, 0.3) is 0 Å². The number of guanidine groups is 1. The van der Waals surface area contributed by atoms with E-state index in [4.69, 9.17) is 11.5 Å². The summed E-state index contributed by atoms with van der Waals surface area (Å²) in [5, 5.41) is 0. The number of rotatable bonds is 3. The van der Waals surface area contributed by atoms with Crippen molar-refractivity contribution in [3.05, 3.63) is 0 Å². The van der Waals surface area contributed by atoms with Crippen molar-refractivity contribution in [3.63, 3.8) is 0 Å². The first-order valence-electron chi connectivity index (χ1n) is 2.74. The van der Waals surface area contributed by atoms with E-state index in [0.29, 0.717) is 0 Å². The molecule has 0 spiro atoms. The summed E-state index contributed by atoms with van der Waals surface area (Å²) in [6, 6.07) is 0.241. The Labute approximate surface area is 59.9 Å². The second-order valence-electron chi connectivity index (χ2n) is 1.86. The molecule has 0 saturated carbocycles. The van der Waals surface area contributed by atoms with Crippen LogP contribution in [-0.2, 0) is 0 Å². The van der Waals surface area contributed by atoms with E-state index in [1.54, 1.807) is 11.8 Å². The van der Waals surface area contributed by atoms with E-state index in [2.05, 4.69) is 4.99 Å². The van der Waals surface area contributed by atoms with Crippen LogP contribution in [0.2, 0.25) is 0 Å². The highest BCUT2D eigenvalue weighted by Crippen LogP contribution is 1.98. The first-order valence-corrected chi connectivity index (χ1v) is 4.14. The Morgan fingerprint density at radius 2 is 2.22 bits per heavy atom. The second-order valence-corrected chi connectivity index (χ2v) is 2.77. The van der Waals surface area contributed by atoms with Crippen molar-refractivity contribution in [3.8, 4) is 0 Å². The van der Waals surface area contributed by atoms with Gasteiger partial charge in [-0.1, -0.05) is 0 Å². The number of thioether (sulfide) groups is 1. The molecule has 0 bridgehead atoms. The lowest BCUT2D eigenvalue weighted by Crippen LogP contribution is -2.25. The van der Waals surface area contributed by atoms with Crippen molar-refractivity contribution < 1.29 is 0 Å². The van der Waals surface area contributed by atoms with Crippen LogP contribution in [0.15, 0.2) is 4.99 Å². The summed E-state index contributed by atoms with van der Waals surface area (Å²) < 4.78 is 0. The molecule has 0 aliphatic carbocycles. The highest BCUT2D eigenvalue weighted by atomic mass is 32.2. The van der Waals surface area contributed by atoms with Gasteiger partial charge in [0.05, 0.1) is 6.04 Å². The van der Waals surface area contributed by atoms with E-state index < -0.39 is 0 Å². The number of aliphatic imine (C=N–C) groups is 1.